The summed E-state index contributed by atoms with van der Waals surface area (Å²) in [6.07, 6.45) is 0.808. The number of rotatable bonds is 6. The van der Waals surface area contributed by atoms with Crippen LogP contribution in [0, 0.1) is 6.92 Å². The van der Waals surface area contributed by atoms with Crippen molar-refractivity contribution in [2.45, 2.75) is 51.3 Å². The Morgan fingerprint density at radius 2 is 1.96 bits per heavy atom. The summed E-state index contributed by atoms with van der Waals surface area (Å²) < 4.78 is 11.5. The van der Waals surface area contributed by atoms with Crippen LogP contribution in [0.1, 0.15) is 37.6 Å². The average Bonchev–Trinajstić information content (AvgIpc) is 2.58. The molecule has 1 aromatic heterocycles. The molecule has 1 aromatic carbocycles. The number of fused-ring (bicyclic) bond motifs is 1. The van der Waals surface area contributed by atoms with Gasteiger partial charge in [0.25, 0.3) is 0 Å². The van der Waals surface area contributed by atoms with Crippen molar-refractivity contribution in [2.24, 2.45) is 0 Å². The third-order valence-corrected chi connectivity index (χ3v) is 5.22. The number of aryl methyl sites for hydroxylation is 1. The second kappa shape index (κ2) is 7.85. The van der Waals surface area contributed by atoms with Gasteiger partial charge in [0, 0.05) is 29.9 Å². The van der Waals surface area contributed by atoms with E-state index in [2.05, 4.69) is 45.0 Å². The molecule has 25 heavy (non-hydrogen) atoms. The largest absolute Gasteiger partial charge is 0.381 e. The SMILES string of the molecule is CCOCCSc1nc(-c2ccc(C)cc2)nc2c1COC(C)(C)C2. The second-order valence-corrected chi connectivity index (χ2v) is 8.00. The zero-order valence-corrected chi connectivity index (χ0v) is 16.3. The van der Waals surface area contributed by atoms with Crippen LogP contribution in [0.2, 0.25) is 0 Å². The van der Waals surface area contributed by atoms with Crippen molar-refractivity contribution in [3.63, 3.8) is 0 Å². The van der Waals surface area contributed by atoms with Crippen molar-refractivity contribution in [3.05, 3.63) is 41.1 Å². The number of hydrogen-bond acceptors (Lipinski definition) is 5. The zero-order chi connectivity index (χ0) is 17.9. The minimum absolute atomic E-state index is 0.181. The van der Waals surface area contributed by atoms with Crippen LogP contribution in [0.25, 0.3) is 11.4 Å². The predicted molar refractivity (Wildman–Crippen MR) is 102 cm³/mol. The fourth-order valence-corrected chi connectivity index (χ4v) is 3.71. The zero-order valence-electron chi connectivity index (χ0n) is 15.5. The lowest BCUT2D eigenvalue weighted by Gasteiger charge is -2.32. The number of aromatic nitrogens is 2. The van der Waals surface area contributed by atoms with Gasteiger partial charge in [0.05, 0.1) is 24.5 Å². The predicted octanol–water partition coefficient (Wildman–Crippen LogP) is 4.43. The van der Waals surface area contributed by atoms with E-state index in [1.165, 1.54) is 5.56 Å². The molecule has 0 atom stereocenters. The maximum atomic E-state index is 6.00. The lowest BCUT2D eigenvalue weighted by Crippen LogP contribution is -2.33. The molecule has 0 unspecified atom stereocenters. The highest BCUT2D eigenvalue weighted by molar-refractivity contribution is 7.99. The summed E-state index contributed by atoms with van der Waals surface area (Å²) in [6.45, 7) is 10.4. The molecule has 0 amide bonds. The van der Waals surface area contributed by atoms with E-state index in [9.17, 15) is 0 Å². The summed E-state index contributed by atoms with van der Waals surface area (Å²) in [4.78, 5) is 9.73. The van der Waals surface area contributed by atoms with Gasteiger partial charge in [0.2, 0.25) is 0 Å². The highest BCUT2D eigenvalue weighted by atomic mass is 32.2. The Kier molecular flexibility index (Phi) is 5.77. The van der Waals surface area contributed by atoms with Gasteiger partial charge in [-0.05, 0) is 27.7 Å². The summed E-state index contributed by atoms with van der Waals surface area (Å²) >= 11 is 1.73. The molecule has 2 aromatic rings. The van der Waals surface area contributed by atoms with E-state index >= 15 is 0 Å². The van der Waals surface area contributed by atoms with Crippen molar-refractivity contribution in [2.75, 3.05) is 19.0 Å². The molecule has 0 aliphatic carbocycles. The molecule has 3 rings (SSSR count). The standard InChI is InChI=1S/C20H26N2O2S/c1-5-23-10-11-25-19-16-13-24-20(3,4)12-17(16)21-18(22-19)15-8-6-14(2)7-9-15/h6-9H,5,10-13H2,1-4H3. The fraction of sp³-hybridized carbons (Fsp3) is 0.500. The van der Waals surface area contributed by atoms with Gasteiger partial charge in [-0.1, -0.05) is 29.8 Å². The summed E-state index contributed by atoms with van der Waals surface area (Å²) in [5, 5.41) is 1.02. The van der Waals surface area contributed by atoms with E-state index in [4.69, 9.17) is 19.4 Å². The van der Waals surface area contributed by atoms with E-state index in [0.717, 1.165) is 53.1 Å². The Morgan fingerprint density at radius 3 is 2.68 bits per heavy atom. The van der Waals surface area contributed by atoms with E-state index in [1.807, 2.05) is 6.92 Å². The molecule has 0 radical (unpaired) electrons. The Bertz CT molecular complexity index is 729. The second-order valence-electron chi connectivity index (χ2n) is 6.91. The van der Waals surface area contributed by atoms with E-state index in [-0.39, 0.29) is 5.60 Å². The molecule has 0 bridgehead atoms. The van der Waals surface area contributed by atoms with Crippen LogP contribution in [0.5, 0.6) is 0 Å². The van der Waals surface area contributed by atoms with Gasteiger partial charge < -0.3 is 9.47 Å². The smallest absolute Gasteiger partial charge is 0.160 e. The molecule has 1 aliphatic heterocycles. The maximum Gasteiger partial charge on any atom is 0.160 e. The normalized spacial score (nSPS) is 15.8. The van der Waals surface area contributed by atoms with Crippen molar-refractivity contribution >= 4 is 11.8 Å². The van der Waals surface area contributed by atoms with Crippen LogP contribution < -0.4 is 0 Å². The maximum absolute atomic E-state index is 6.00. The molecule has 0 N–H and O–H groups in total. The van der Waals surface area contributed by atoms with E-state index in [0.29, 0.717) is 6.61 Å². The van der Waals surface area contributed by atoms with Gasteiger partial charge in [0.1, 0.15) is 5.03 Å². The van der Waals surface area contributed by atoms with Crippen molar-refractivity contribution in [1.29, 1.82) is 0 Å². The van der Waals surface area contributed by atoms with Crippen LogP contribution in [0.4, 0.5) is 0 Å². The summed E-state index contributed by atoms with van der Waals surface area (Å²) in [5.41, 5.74) is 4.36. The summed E-state index contributed by atoms with van der Waals surface area (Å²) in [6, 6.07) is 8.40. The lowest BCUT2D eigenvalue weighted by atomic mass is 9.96. The van der Waals surface area contributed by atoms with Gasteiger partial charge >= 0.3 is 0 Å². The average molecular weight is 359 g/mol. The lowest BCUT2D eigenvalue weighted by molar-refractivity contribution is -0.0428. The van der Waals surface area contributed by atoms with Gasteiger partial charge in [-0.15, -0.1) is 11.8 Å². The quantitative estimate of drug-likeness (QED) is 0.434. The minimum Gasteiger partial charge on any atom is -0.381 e. The molecule has 0 spiro atoms. The van der Waals surface area contributed by atoms with Crippen molar-refractivity contribution in [1.82, 2.24) is 9.97 Å². The third-order valence-electron chi connectivity index (χ3n) is 4.24. The summed E-state index contributed by atoms with van der Waals surface area (Å²) in [7, 11) is 0. The first-order valence-electron chi connectivity index (χ1n) is 8.80. The van der Waals surface area contributed by atoms with Crippen LogP contribution in [0.15, 0.2) is 29.3 Å². The van der Waals surface area contributed by atoms with Gasteiger partial charge in [-0.3, -0.25) is 0 Å². The molecule has 0 fully saturated rings. The Hall–Kier alpha value is -1.43. The number of thioether (sulfide) groups is 1. The Labute approximate surface area is 154 Å². The Balaban J connectivity index is 1.94. The first-order chi connectivity index (χ1) is 12.0. The van der Waals surface area contributed by atoms with Gasteiger partial charge in [-0.25, -0.2) is 9.97 Å². The molecule has 134 valence electrons. The molecule has 2 heterocycles. The van der Waals surface area contributed by atoms with Crippen LogP contribution in [-0.4, -0.2) is 34.5 Å². The fourth-order valence-electron chi connectivity index (χ4n) is 2.81. The highest BCUT2D eigenvalue weighted by Gasteiger charge is 2.30. The molecular formula is C20H26N2O2S. The molecular weight excluding hydrogens is 332 g/mol. The monoisotopic (exact) mass is 358 g/mol. The molecule has 5 heteroatoms. The van der Waals surface area contributed by atoms with Crippen molar-refractivity contribution in [3.8, 4) is 11.4 Å². The van der Waals surface area contributed by atoms with E-state index < -0.39 is 0 Å². The first-order valence-corrected chi connectivity index (χ1v) is 9.78. The number of hydrogen-bond donors (Lipinski definition) is 0. The molecule has 4 nitrogen and oxygen atoms in total. The molecule has 0 saturated carbocycles. The first kappa shape index (κ1) is 18.4. The molecule has 1 aliphatic rings. The third kappa shape index (κ3) is 4.60. The van der Waals surface area contributed by atoms with Crippen LogP contribution in [-0.2, 0) is 22.5 Å². The topological polar surface area (TPSA) is 44.2 Å². The van der Waals surface area contributed by atoms with Crippen molar-refractivity contribution < 1.29 is 9.47 Å². The number of ether oxygens (including phenoxy) is 2. The molecule has 0 saturated heterocycles. The summed E-state index contributed by atoms with van der Waals surface area (Å²) in [5.74, 6) is 1.68. The highest BCUT2D eigenvalue weighted by Crippen LogP contribution is 2.34. The van der Waals surface area contributed by atoms with Gasteiger partial charge in [-0.2, -0.15) is 0 Å². The van der Waals surface area contributed by atoms with E-state index in [1.54, 1.807) is 11.8 Å². The van der Waals surface area contributed by atoms with Crippen LogP contribution >= 0.6 is 11.8 Å². The van der Waals surface area contributed by atoms with Crippen LogP contribution in [0.3, 0.4) is 0 Å². The number of nitrogens with zero attached hydrogens (tertiary/aromatic N) is 2. The Morgan fingerprint density at radius 1 is 1.20 bits per heavy atom. The van der Waals surface area contributed by atoms with Gasteiger partial charge in [0.15, 0.2) is 5.82 Å². The number of benzene rings is 1. The minimum atomic E-state index is -0.181.